The summed E-state index contributed by atoms with van der Waals surface area (Å²) in [5, 5.41) is 12.3. The summed E-state index contributed by atoms with van der Waals surface area (Å²) >= 11 is 0. The number of hydrogen-bond acceptors (Lipinski definition) is 3. The first kappa shape index (κ1) is 15.3. The Morgan fingerprint density at radius 2 is 1.79 bits per heavy atom. The van der Waals surface area contributed by atoms with E-state index in [1.54, 1.807) is 0 Å². The van der Waals surface area contributed by atoms with Crippen LogP contribution < -0.4 is 10.1 Å². The molecule has 7 heteroatoms. The van der Waals surface area contributed by atoms with Crippen LogP contribution in [0.5, 0.6) is 5.75 Å². The number of ether oxygens (including phenoxy) is 1. The molecule has 0 heterocycles. The van der Waals surface area contributed by atoms with Crippen molar-refractivity contribution in [3.63, 3.8) is 0 Å². The SMILES string of the molecule is CC(C)(O)C(NC=O)c1ccc(OC(F)(F)F)cc1. The first-order chi connectivity index (χ1) is 8.63. The molecule has 19 heavy (non-hydrogen) atoms. The van der Waals surface area contributed by atoms with E-state index < -0.39 is 18.0 Å². The average Bonchev–Trinajstić information content (AvgIpc) is 2.23. The van der Waals surface area contributed by atoms with Crippen LogP contribution in [0.25, 0.3) is 0 Å². The Kier molecular flexibility index (Phi) is 4.41. The van der Waals surface area contributed by atoms with Gasteiger partial charge in [0.1, 0.15) is 5.75 Å². The minimum Gasteiger partial charge on any atom is -0.406 e. The van der Waals surface area contributed by atoms with E-state index in [1.807, 2.05) is 0 Å². The summed E-state index contributed by atoms with van der Waals surface area (Å²) in [6.07, 6.45) is -4.33. The highest BCUT2D eigenvalue weighted by molar-refractivity contribution is 5.48. The van der Waals surface area contributed by atoms with Gasteiger partial charge in [-0.3, -0.25) is 4.79 Å². The lowest BCUT2D eigenvalue weighted by Crippen LogP contribution is -2.38. The number of benzene rings is 1. The molecule has 1 unspecified atom stereocenters. The molecule has 0 fully saturated rings. The van der Waals surface area contributed by atoms with Gasteiger partial charge in [-0.2, -0.15) is 0 Å². The summed E-state index contributed by atoms with van der Waals surface area (Å²) in [6, 6.07) is 4.20. The third-order valence-electron chi connectivity index (χ3n) is 2.39. The van der Waals surface area contributed by atoms with Gasteiger partial charge >= 0.3 is 6.36 Å². The third-order valence-corrected chi connectivity index (χ3v) is 2.39. The number of alkyl halides is 3. The normalized spacial score (nSPS) is 13.8. The molecule has 1 rings (SSSR count). The summed E-state index contributed by atoms with van der Waals surface area (Å²) in [6.45, 7) is 2.96. The van der Waals surface area contributed by atoms with Crippen molar-refractivity contribution < 1.29 is 27.8 Å². The smallest absolute Gasteiger partial charge is 0.406 e. The van der Waals surface area contributed by atoms with Crippen LogP contribution in [0.15, 0.2) is 24.3 Å². The summed E-state index contributed by atoms with van der Waals surface area (Å²) in [7, 11) is 0. The second kappa shape index (κ2) is 5.48. The number of aliphatic hydroxyl groups is 1. The quantitative estimate of drug-likeness (QED) is 0.811. The van der Waals surface area contributed by atoms with E-state index in [4.69, 9.17) is 0 Å². The summed E-state index contributed by atoms with van der Waals surface area (Å²) in [4.78, 5) is 10.5. The van der Waals surface area contributed by atoms with Crippen molar-refractivity contribution >= 4 is 6.41 Å². The maximum Gasteiger partial charge on any atom is 0.573 e. The van der Waals surface area contributed by atoms with E-state index in [1.165, 1.54) is 26.0 Å². The molecular formula is C12H14F3NO3. The number of rotatable bonds is 5. The van der Waals surface area contributed by atoms with Crippen molar-refractivity contribution in [2.24, 2.45) is 0 Å². The Bertz CT molecular complexity index is 423. The van der Waals surface area contributed by atoms with Crippen LogP contribution in [0.4, 0.5) is 13.2 Å². The topological polar surface area (TPSA) is 58.6 Å². The number of halogens is 3. The second-order valence-electron chi connectivity index (χ2n) is 4.49. The Morgan fingerprint density at radius 1 is 1.26 bits per heavy atom. The fraction of sp³-hybridized carbons (Fsp3) is 0.417. The molecule has 1 aromatic carbocycles. The molecule has 106 valence electrons. The highest BCUT2D eigenvalue weighted by Gasteiger charge is 2.32. The molecular weight excluding hydrogens is 263 g/mol. The summed E-state index contributed by atoms with van der Waals surface area (Å²) in [5.74, 6) is -0.364. The van der Waals surface area contributed by atoms with E-state index in [9.17, 15) is 23.1 Å². The number of nitrogens with one attached hydrogen (secondary N) is 1. The van der Waals surface area contributed by atoms with Crippen molar-refractivity contribution in [1.29, 1.82) is 0 Å². The molecule has 1 aromatic rings. The Morgan fingerprint density at radius 3 is 2.16 bits per heavy atom. The van der Waals surface area contributed by atoms with E-state index in [0.717, 1.165) is 12.1 Å². The zero-order valence-corrected chi connectivity index (χ0v) is 10.4. The minimum atomic E-state index is -4.75. The van der Waals surface area contributed by atoms with E-state index in [0.29, 0.717) is 12.0 Å². The summed E-state index contributed by atoms with van der Waals surface area (Å²) in [5.41, 5.74) is -0.790. The standard InChI is InChI=1S/C12H14F3NO3/c1-11(2,18)10(16-7-17)8-3-5-9(6-4-8)19-12(13,14)15/h3-7,10,18H,1-2H3,(H,16,17). The Hall–Kier alpha value is -1.76. The molecule has 2 N–H and O–H groups in total. The molecule has 0 aromatic heterocycles. The van der Waals surface area contributed by atoms with Crippen molar-refractivity contribution in [2.75, 3.05) is 0 Å². The van der Waals surface area contributed by atoms with Gasteiger partial charge in [-0.25, -0.2) is 0 Å². The molecule has 0 spiro atoms. The highest BCUT2D eigenvalue weighted by atomic mass is 19.4. The van der Waals surface area contributed by atoms with Crippen LogP contribution in [-0.2, 0) is 4.79 Å². The van der Waals surface area contributed by atoms with Crippen LogP contribution in [-0.4, -0.2) is 23.5 Å². The van der Waals surface area contributed by atoms with Gasteiger partial charge < -0.3 is 15.2 Å². The minimum absolute atomic E-state index is 0.364. The number of hydrogen-bond donors (Lipinski definition) is 2. The number of carbonyl (C=O) groups is 1. The van der Waals surface area contributed by atoms with Gasteiger partial charge in [0, 0.05) is 0 Å². The predicted octanol–water partition coefficient (Wildman–Crippen LogP) is 2.14. The fourth-order valence-electron chi connectivity index (χ4n) is 1.64. The average molecular weight is 277 g/mol. The molecule has 0 saturated carbocycles. The third kappa shape index (κ3) is 4.78. The van der Waals surface area contributed by atoms with E-state index >= 15 is 0 Å². The fourth-order valence-corrected chi connectivity index (χ4v) is 1.64. The van der Waals surface area contributed by atoms with Gasteiger partial charge in [0.05, 0.1) is 11.6 Å². The molecule has 0 radical (unpaired) electrons. The first-order valence-corrected chi connectivity index (χ1v) is 5.41. The van der Waals surface area contributed by atoms with Gasteiger partial charge in [-0.1, -0.05) is 12.1 Å². The van der Waals surface area contributed by atoms with Gasteiger partial charge in [0.15, 0.2) is 0 Å². The van der Waals surface area contributed by atoms with E-state index in [2.05, 4.69) is 10.1 Å². The van der Waals surface area contributed by atoms with E-state index in [-0.39, 0.29) is 5.75 Å². The molecule has 0 saturated heterocycles. The van der Waals surface area contributed by atoms with Crippen molar-refractivity contribution in [1.82, 2.24) is 5.32 Å². The van der Waals surface area contributed by atoms with Gasteiger partial charge in [-0.15, -0.1) is 13.2 Å². The number of carbonyl (C=O) groups excluding carboxylic acids is 1. The van der Waals surface area contributed by atoms with Crippen molar-refractivity contribution in [3.8, 4) is 5.75 Å². The van der Waals surface area contributed by atoms with Crippen molar-refractivity contribution in [3.05, 3.63) is 29.8 Å². The Balaban J connectivity index is 2.93. The zero-order valence-electron chi connectivity index (χ0n) is 10.4. The molecule has 0 bridgehead atoms. The predicted molar refractivity (Wildman–Crippen MR) is 61.4 cm³/mol. The lowest BCUT2D eigenvalue weighted by atomic mass is 9.92. The van der Waals surface area contributed by atoms with Crippen LogP contribution >= 0.6 is 0 Å². The zero-order chi connectivity index (χ0) is 14.7. The van der Waals surface area contributed by atoms with Crippen LogP contribution in [0.2, 0.25) is 0 Å². The highest BCUT2D eigenvalue weighted by Crippen LogP contribution is 2.28. The summed E-state index contributed by atoms with van der Waals surface area (Å²) < 4.78 is 39.7. The second-order valence-corrected chi connectivity index (χ2v) is 4.49. The maximum absolute atomic E-state index is 12.0. The lowest BCUT2D eigenvalue weighted by molar-refractivity contribution is -0.274. The Labute approximate surface area is 108 Å². The molecule has 0 aliphatic rings. The molecule has 0 aliphatic heterocycles. The van der Waals surface area contributed by atoms with Crippen molar-refractivity contribution in [2.45, 2.75) is 31.9 Å². The molecule has 0 aliphatic carbocycles. The monoisotopic (exact) mass is 277 g/mol. The van der Waals surface area contributed by atoms with Gasteiger partial charge in [-0.05, 0) is 31.5 Å². The van der Waals surface area contributed by atoms with Gasteiger partial charge in [0.2, 0.25) is 6.41 Å². The largest absolute Gasteiger partial charge is 0.573 e. The lowest BCUT2D eigenvalue weighted by Gasteiger charge is -2.29. The van der Waals surface area contributed by atoms with Crippen LogP contribution in [0.1, 0.15) is 25.5 Å². The maximum atomic E-state index is 12.0. The first-order valence-electron chi connectivity index (χ1n) is 5.41. The molecule has 4 nitrogen and oxygen atoms in total. The molecule has 1 amide bonds. The molecule has 1 atom stereocenters. The van der Waals surface area contributed by atoms with Crippen LogP contribution in [0, 0.1) is 0 Å². The number of amides is 1. The van der Waals surface area contributed by atoms with Crippen LogP contribution in [0.3, 0.4) is 0 Å². The van der Waals surface area contributed by atoms with Gasteiger partial charge in [0.25, 0.3) is 0 Å².